The second-order valence-corrected chi connectivity index (χ2v) is 5.99. The van der Waals surface area contributed by atoms with E-state index in [9.17, 15) is 13.5 Å². The monoisotopic (exact) mass is 237 g/mol. The molecule has 1 rings (SSSR count). The lowest BCUT2D eigenvalue weighted by Crippen LogP contribution is -2.48. The van der Waals surface area contributed by atoms with Crippen LogP contribution >= 0.6 is 0 Å². The summed E-state index contributed by atoms with van der Waals surface area (Å²) >= 11 is 0. The van der Waals surface area contributed by atoms with Crippen LogP contribution in [0.5, 0.6) is 0 Å². The van der Waals surface area contributed by atoms with Crippen molar-refractivity contribution in [3.8, 4) is 0 Å². The van der Waals surface area contributed by atoms with Crippen LogP contribution in [0.4, 0.5) is 0 Å². The maximum Gasteiger partial charge on any atom is 0.211 e. The standard InChI is InChI=1S/C9H19NO4S/c1-14-6-3-7-15(12,13)10-8-9(11)4-2-5-9/h10-11H,2-8H2,1H3. The number of hydrogen-bond donors (Lipinski definition) is 2. The fourth-order valence-electron chi connectivity index (χ4n) is 1.47. The summed E-state index contributed by atoms with van der Waals surface area (Å²) in [5.74, 6) is 0.0525. The van der Waals surface area contributed by atoms with E-state index in [1.807, 2.05) is 0 Å². The summed E-state index contributed by atoms with van der Waals surface area (Å²) in [6, 6.07) is 0. The van der Waals surface area contributed by atoms with Gasteiger partial charge < -0.3 is 9.84 Å². The van der Waals surface area contributed by atoms with Gasteiger partial charge in [-0.15, -0.1) is 0 Å². The number of methoxy groups -OCH3 is 1. The van der Waals surface area contributed by atoms with Crippen molar-refractivity contribution in [2.45, 2.75) is 31.3 Å². The third kappa shape index (κ3) is 4.46. The van der Waals surface area contributed by atoms with E-state index < -0.39 is 15.6 Å². The zero-order valence-corrected chi connectivity index (χ0v) is 9.85. The van der Waals surface area contributed by atoms with Gasteiger partial charge in [-0.25, -0.2) is 13.1 Å². The summed E-state index contributed by atoms with van der Waals surface area (Å²) in [6.45, 7) is 0.577. The predicted octanol–water partition coefficient (Wildman–Crippen LogP) is -0.143. The Kier molecular flexibility index (Phi) is 4.51. The van der Waals surface area contributed by atoms with E-state index >= 15 is 0 Å². The lowest BCUT2D eigenvalue weighted by molar-refractivity contribution is -0.0270. The molecule has 1 aliphatic carbocycles. The first-order chi connectivity index (χ1) is 6.97. The van der Waals surface area contributed by atoms with Crippen LogP contribution in [-0.4, -0.2) is 45.1 Å². The fourth-order valence-corrected chi connectivity index (χ4v) is 2.60. The topological polar surface area (TPSA) is 75.6 Å². The van der Waals surface area contributed by atoms with Crippen LogP contribution in [0.25, 0.3) is 0 Å². The molecule has 1 fully saturated rings. The molecule has 0 heterocycles. The van der Waals surface area contributed by atoms with Gasteiger partial charge >= 0.3 is 0 Å². The molecule has 5 nitrogen and oxygen atoms in total. The van der Waals surface area contributed by atoms with Gasteiger partial charge in [0.05, 0.1) is 11.4 Å². The SMILES string of the molecule is COCCCS(=O)(=O)NCC1(O)CCC1. The third-order valence-corrected chi connectivity index (χ3v) is 4.08. The molecule has 0 unspecified atom stereocenters. The largest absolute Gasteiger partial charge is 0.389 e. The van der Waals surface area contributed by atoms with Crippen molar-refractivity contribution in [3.05, 3.63) is 0 Å². The number of hydrogen-bond acceptors (Lipinski definition) is 4. The van der Waals surface area contributed by atoms with Crippen molar-refractivity contribution in [3.63, 3.8) is 0 Å². The van der Waals surface area contributed by atoms with Crippen LogP contribution in [0.1, 0.15) is 25.7 Å². The highest BCUT2D eigenvalue weighted by atomic mass is 32.2. The van der Waals surface area contributed by atoms with E-state index in [0.717, 1.165) is 6.42 Å². The number of sulfonamides is 1. The lowest BCUT2D eigenvalue weighted by Gasteiger charge is -2.36. The molecular formula is C9H19NO4S. The molecule has 0 aromatic rings. The van der Waals surface area contributed by atoms with Crippen molar-refractivity contribution < 1.29 is 18.3 Å². The first-order valence-corrected chi connectivity index (χ1v) is 6.81. The van der Waals surface area contributed by atoms with Gasteiger partial charge in [0.25, 0.3) is 0 Å². The summed E-state index contributed by atoms with van der Waals surface area (Å²) in [5, 5.41) is 9.69. The molecule has 0 atom stereocenters. The van der Waals surface area contributed by atoms with Gasteiger partial charge in [0, 0.05) is 20.3 Å². The van der Waals surface area contributed by atoms with Crippen molar-refractivity contribution in [2.75, 3.05) is 26.0 Å². The molecular weight excluding hydrogens is 218 g/mol. The Labute approximate surface area is 90.9 Å². The van der Waals surface area contributed by atoms with E-state index in [0.29, 0.717) is 25.9 Å². The minimum absolute atomic E-state index is 0.0525. The van der Waals surface area contributed by atoms with Crippen LogP contribution in [0, 0.1) is 0 Å². The second kappa shape index (κ2) is 5.25. The van der Waals surface area contributed by atoms with E-state index in [-0.39, 0.29) is 12.3 Å². The van der Waals surface area contributed by atoms with Gasteiger partial charge in [0.2, 0.25) is 10.0 Å². The van der Waals surface area contributed by atoms with E-state index in [4.69, 9.17) is 4.74 Å². The number of nitrogens with one attached hydrogen (secondary N) is 1. The Morgan fingerprint density at radius 1 is 1.47 bits per heavy atom. The van der Waals surface area contributed by atoms with Crippen LogP contribution in [-0.2, 0) is 14.8 Å². The molecule has 2 N–H and O–H groups in total. The molecule has 1 saturated carbocycles. The number of ether oxygens (including phenoxy) is 1. The second-order valence-electron chi connectivity index (χ2n) is 4.06. The molecule has 0 aromatic heterocycles. The molecule has 1 aliphatic rings. The average Bonchev–Trinajstić information content (AvgIpc) is 2.12. The molecule has 90 valence electrons. The molecule has 0 saturated heterocycles. The molecule has 6 heteroatoms. The molecule has 15 heavy (non-hydrogen) atoms. The zero-order chi connectivity index (χ0) is 11.4. The number of aliphatic hydroxyl groups is 1. The molecule has 0 aromatic carbocycles. The van der Waals surface area contributed by atoms with Crippen molar-refractivity contribution >= 4 is 10.0 Å². The highest BCUT2D eigenvalue weighted by Crippen LogP contribution is 2.30. The van der Waals surface area contributed by atoms with Crippen LogP contribution in [0.15, 0.2) is 0 Å². The predicted molar refractivity (Wildman–Crippen MR) is 57.1 cm³/mol. The van der Waals surface area contributed by atoms with Gasteiger partial charge in [-0.1, -0.05) is 0 Å². The summed E-state index contributed by atoms with van der Waals surface area (Å²) in [4.78, 5) is 0. The molecule has 0 amide bonds. The maximum absolute atomic E-state index is 11.4. The lowest BCUT2D eigenvalue weighted by atomic mass is 9.81. The Morgan fingerprint density at radius 2 is 2.13 bits per heavy atom. The molecule has 0 bridgehead atoms. The number of rotatable bonds is 7. The average molecular weight is 237 g/mol. The smallest absolute Gasteiger partial charge is 0.211 e. The molecule has 0 radical (unpaired) electrons. The van der Waals surface area contributed by atoms with Gasteiger partial charge in [0.1, 0.15) is 0 Å². The Hall–Kier alpha value is -0.170. The molecule has 0 spiro atoms. The quantitative estimate of drug-likeness (QED) is 0.604. The van der Waals surface area contributed by atoms with Crippen molar-refractivity contribution in [2.24, 2.45) is 0 Å². The minimum atomic E-state index is -3.25. The fraction of sp³-hybridized carbons (Fsp3) is 1.00. The van der Waals surface area contributed by atoms with Crippen LogP contribution in [0.3, 0.4) is 0 Å². The maximum atomic E-state index is 11.4. The Morgan fingerprint density at radius 3 is 2.60 bits per heavy atom. The Bertz CT molecular complexity index is 284. The molecule has 0 aliphatic heterocycles. The first-order valence-electron chi connectivity index (χ1n) is 5.16. The third-order valence-electron chi connectivity index (χ3n) is 2.67. The summed E-state index contributed by atoms with van der Waals surface area (Å²) < 4.78 is 30.0. The van der Waals surface area contributed by atoms with Crippen LogP contribution in [0.2, 0.25) is 0 Å². The van der Waals surface area contributed by atoms with Gasteiger partial charge in [-0.3, -0.25) is 0 Å². The first kappa shape index (κ1) is 12.9. The van der Waals surface area contributed by atoms with E-state index in [2.05, 4.69) is 4.72 Å². The van der Waals surface area contributed by atoms with Gasteiger partial charge in [0.15, 0.2) is 0 Å². The Balaban J connectivity index is 2.23. The summed E-state index contributed by atoms with van der Waals surface area (Å²) in [5.41, 5.74) is -0.797. The normalized spacial score (nSPS) is 19.9. The summed E-state index contributed by atoms with van der Waals surface area (Å²) in [6.07, 6.45) is 2.83. The summed E-state index contributed by atoms with van der Waals surface area (Å²) in [7, 11) is -1.71. The highest BCUT2D eigenvalue weighted by Gasteiger charge is 2.35. The van der Waals surface area contributed by atoms with Gasteiger partial charge in [-0.2, -0.15) is 0 Å². The van der Waals surface area contributed by atoms with E-state index in [1.165, 1.54) is 7.11 Å². The van der Waals surface area contributed by atoms with Crippen molar-refractivity contribution in [1.29, 1.82) is 0 Å². The van der Waals surface area contributed by atoms with Gasteiger partial charge in [-0.05, 0) is 25.7 Å². The van der Waals surface area contributed by atoms with Crippen LogP contribution < -0.4 is 4.72 Å². The zero-order valence-electron chi connectivity index (χ0n) is 9.03. The minimum Gasteiger partial charge on any atom is -0.389 e. The highest BCUT2D eigenvalue weighted by molar-refractivity contribution is 7.89. The van der Waals surface area contributed by atoms with E-state index in [1.54, 1.807) is 0 Å². The van der Waals surface area contributed by atoms with Crippen molar-refractivity contribution in [1.82, 2.24) is 4.72 Å².